The zero-order valence-electron chi connectivity index (χ0n) is 59.8. The SMILES string of the molecule is CC(C)N1c2cc(NC(=O)CCc3cc(C(C)(C)C)c(OC(=O)OC(C)(C)C)c(C(C)(C)C)c3)c(C3=C(O)/C(=c4/cc5c(cc4NC(=O)CCc4cc(C(C)(C)C)c(OC(=O)OC(C)(C)C)c(C(C)(C)C)c4)=[N+](C(C)C)C(C)C5(C)C)C3=O)cc2C(C)(C)C1C. The lowest BCUT2D eigenvalue weighted by molar-refractivity contribution is -0.117. The number of carbonyl (C=O) groups is 5. The third kappa shape index (κ3) is 14.5. The minimum absolute atomic E-state index is 0.0525. The molecular formula is C76H107N4O10+. The van der Waals surface area contributed by atoms with Crippen LogP contribution in [-0.2, 0) is 69.2 Å². The molecule has 0 saturated heterocycles. The van der Waals surface area contributed by atoms with Crippen LogP contribution in [0.5, 0.6) is 11.5 Å². The molecule has 90 heavy (non-hydrogen) atoms. The Bertz CT molecular complexity index is 3650. The molecule has 14 heteroatoms. The highest BCUT2D eigenvalue weighted by Gasteiger charge is 2.48. The molecule has 4 aromatic rings. The fraction of sp³-hybridized carbons (Fsp3) is 0.579. The van der Waals surface area contributed by atoms with Crippen LogP contribution in [0.2, 0.25) is 0 Å². The number of anilines is 3. The second-order valence-electron chi connectivity index (χ2n) is 33.3. The largest absolute Gasteiger partial charge is 0.514 e. The third-order valence-electron chi connectivity index (χ3n) is 18.2. The number of Topliss-reactive ketones (excluding diaryl/α,β-unsaturated/α-hetero) is 1. The van der Waals surface area contributed by atoms with Crippen LogP contribution in [0.1, 0.15) is 257 Å². The number of aliphatic hydroxyl groups excluding tert-OH is 1. The number of hydrogen-bond acceptors (Lipinski definition) is 11. The lowest BCUT2D eigenvalue weighted by atomic mass is 9.76. The van der Waals surface area contributed by atoms with E-state index in [0.717, 1.165) is 55.6 Å². The maximum Gasteiger partial charge on any atom is 0.514 e. The van der Waals surface area contributed by atoms with Crippen LogP contribution in [0, 0.1) is 0 Å². The van der Waals surface area contributed by atoms with Crippen molar-refractivity contribution in [3.8, 4) is 11.5 Å². The van der Waals surface area contributed by atoms with Crippen molar-refractivity contribution in [1.82, 2.24) is 4.58 Å². The van der Waals surface area contributed by atoms with Gasteiger partial charge in [0.15, 0.2) is 6.04 Å². The number of fused-ring (bicyclic) bond motifs is 2. The summed E-state index contributed by atoms with van der Waals surface area (Å²) in [5.41, 5.74) is 5.17. The number of nitrogens with zero attached hydrogens (tertiary/aromatic N) is 2. The van der Waals surface area contributed by atoms with E-state index in [-0.39, 0.29) is 76.6 Å². The molecule has 2 amide bonds. The van der Waals surface area contributed by atoms with E-state index in [0.29, 0.717) is 46.5 Å². The van der Waals surface area contributed by atoms with Crippen LogP contribution in [0.25, 0.3) is 11.1 Å². The topological polar surface area (TPSA) is 173 Å². The van der Waals surface area contributed by atoms with Gasteiger partial charge in [0.1, 0.15) is 34.5 Å². The number of ketones is 1. The second-order valence-corrected chi connectivity index (χ2v) is 33.3. The molecule has 0 bridgehead atoms. The van der Waals surface area contributed by atoms with E-state index < -0.39 is 51.0 Å². The number of nitrogens with one attached hydrogen (secondary N) is 2. The van der Waals surface area contributed by atoms with Gasteiger partial charge in [0.2, 0.25) is 23.0 Å². The van der Waals surface area contributed by atoms with Crippen molar-refractivity contribution < 1.29 is 48.0 Å². The molecule has 4 aromatic carbocycles. The molecule has 7 rings (SSSR count). The van der Waals surface area contributed by atoms with Gasteiger partial charge in [0.25, 0.3) is 0 Å². The number of hydrogen-bond donors (Lipinski definition) is 3. The van der Waals surface area contributed by atoms with Crippen molar-refractivity contribution in [2.24, 2.45) is 0 Å². The Kier molecular flexibility index (Phi) is 19.0. The Hall–Kier alpha value is -6.96. The average Bonchev–Trinajstić information content (AvgIpc) is 1.18. The van der Waals surface area contributed by atoms with Gasteiger partial charge in [-0.2, -0.15) is 0 Å². The van der Waals surface area contributed by atoms with E-state index in [4.69, 9.17) is 18.9 Å². The zero-order chi connectivity index (χ0) is 68.0. The van der Waals surface area contributed by atoms with Gasteiger partial charge < -0.3 is 39.6 Å². The summed E-state index contributed by atoms with van der Waals surface area (Å²) in [5, 5.41) is 20.5. The van der Waals surface area contributed by atoms with Crippen LogP contribution in [0.15, 0.2) is 54.3 Å². The Morgan fingerprint density at radius 1 is 0.567 bits per heavy atom. The molecule has 0 saturated carbocycles. The minimum Gasteiger partial charge on any atom is -0.506 e. The monoisotopic (exact) mass is 1240 g/mol. The van der Waals surface area contributed by atoms with Gasteiger partial charge in [0.05, 0.1) is 27.9 Å². The number of aryl methyl sites for hydroxylation is 2. The van der Waals surface area contributed by atoms with Crippen molar-refractivity contribution in [3.05, 3.63) is 115 Å². The lowest BCUT2D eigenvalue weighted by Gasteiger charge is -2.34. The summed E-state index contributed by atoms with van der Waals surface area (Å²) in [6, 6.07) is 16.2. The first-order valence-corrected chi connectivity index (χ1v) is 32.4. The molecule has 2 unspecified atom stereocenters. The van der Waals surface area contributed by atoms with Gasteiger partial charge >= 0.3 is 12.3 Å². The third-order valence-corrected chi connectivity index (χ3v) is 18.2. The first-order chi connectivity index (χ1) is 40.9. The number of carbonyl (C=O) groups excluding carboxylic acids is 5. The summed E-state index contributed by atoms with van der Waals surface area (Å²) >= 11 is 0. The molecule has 2 aliphatic heterocycles. The molecule has 3 N–H and O–H groups in total. The standard InChI is InChI=1S/C76H106N4O10/c1-41(2)79-43(5)75(25,26)49-37-47(55(39-57(49)79)77-59(81)31-29-45-33-51(69(7,8)9)65(52(34-45)70(10,11)12)87-67(85)89-73(19,20)21)61-63(83)62(64(61)84)48-38-50-58(80(42(3)4)44(6)76(50,27)28)40-56(48)78-60(82)32-30-46-35-53(71(13,14)15)66(54(36-46)72(16,17)18)88-68(86)90-74(22,23)24/h33-44H,29-32H2,1-28H3,(H2,77,78,81,82,83,84)/p+1. The second kappa shape index (κ2) is 24.3. The number of allylic oxidation sites excluding steroid dienone is 2. The molecule has 14 nitrogen and oxygen atoms in total. The Morgan fingerprint density at radius 3 is 1.34 bits per heavy atom. The van der Waals surface area contributed by atoms with Gasteiger partial charge in [-0.25, -0.2) is 14.2 Å². The van der Waals surface area contributed by atoms with E-state index in [1.165, 1.54) is 0 Å². The van der Waals surface area contributed by atoms with Gasteiger partial charge in [-0.1, -0.05) is 121 Å². The fourth-order valence-corrected chi connectivity index (χ4v) is 12.9. The lowest BCUT2D eigenvalue weighted by Crippen LogP contribution is -2.42. The summed E-state index contributed by atoms with van der Waals surface area (Å²) in [6.45, 7) is 57.2. The highest BCUT2D eigenvalue weighted by molar-refractivity contribution is 6.52. The minimum atomic E-state index is -0.789. The fourth-order valence-electron chi connectivity index (χ4n) is 12.9. The van der Waals surface area contributed by atoms with Crippen LogP contribution in [0.3, 0.4) is 0 Å². The number of aliphatic hydroxyl groups is 1. The van der Waals surface area contributed by atoms with Crippen LogP contribution in [0.4, 0.5) is 26.7 Å². The first-order valence-electron chi connectivity index (χ1n) is 32.4. The van der Waals surface area contributed by atoms with Crippen molar-refractivity contribution in [2.45, 2.75) is 287 Å². The number of rotatable bonds is 13. The molecule has 0 fully saturated rings. The predicted molar refractivity (Wildman–Crippen MR) is 364 cm³/mol. The molecule has 0 spiro atoms. The molecule has 1 aliphatic carbocycles. The van der Waals surface area contributed by atoms with Crippen molar-refractivity contribution >= 4 is 58.1 Å². The van der Waals surface area contributed by atoms with Crippen LogP contribution < -0.4 is 40.2 Å². The molecule has 2 heterocycles. The zero-order valence-corrected chi connectivity index (χ0v) is 59.8. The molecule has 2 atom stereocenters. The number of ether oxygens (including phenoxy) is 4. The average molecular weight is 1240 g/mol. The van der Waals surface area contributed by atoms with Crippen LogP contribution >= 0.6 is 0 Å². The molecule has 0 radical (unpaired) electrons. The highest BCUT2D eigenvalue weighted by Crippen LogP contribution is 2.52. The summed E-state index contributed by atoms with van der Waals surface area (Å²) < 4.78 is 25.7. The molecular weight excluding hydrogens is 1130 g/mol. The van der Waals surface area contributed by atoms with E-state index in [1.807, 2.05) is 48.5 Å². The van der Waals surface area contributed by atoms with Gasteiger partial charge in [-0.3, -0.25) is 14.4 Å². The summed E-state index contributed by atoms with van der Waals surface area (Å²) in [4.78, 5) is 73.6. The van der Waals surface area contributed by atoms with E-state index in [9.17, 15) is 24.3 Å². The van der Waals surface area contributed by atoms with Crippen molar-refractivity contribution in [2.75, 3.05) is 15.5 Å². The van der Waals surface area contributed by atoms with E-state index in [1.54, 1.807) is 41.5 Å². The Labute approximate surface area is 537 Å². The first kappa shape index (κ1) is 70.5. The maximum absolute atomic E-state index is 15.5. The van der Waals surface area contributed by atoms with E-state index in [2.05, 4.69) is 172 Å². The van der Waals surface area contributed by atoms with Crippen LogP contribution in [-0.4, -0.2) is 70.4 Å². The number of benzene rings is 4. The van der Waals surface area contributed by atoms with Gasteiger partial charge in [-0.05, 0) is 166 Å². The van der Waals surface area contributed by atoms with E-state index >= 15 is 4.79 Å². The summed E-state index contributed by atoms with van der Waals surface area (Å²) in [7, 11) is 0. The Morgan fingerprint density at radius 2 is 0.978 bits per heavy atom. The molecule has 490 valence electrons. The summed E-state index contributed by atoms with van der Waals surface area (Å²) in [6.07, 6.45) is -0.733. The maximum atomic E-state index is 15.5. The summed E-state index contributed by atoms with van der Waals surface area (Å²) in [5.74, 6) is -0.323. The normalized spacial score (nSPS) is 18.2. The Balaban J connectivity index is 1.33. The molecule has 3 aliphatic rings. The highest BCUT2D eigenvalue weighted by atomic mass is 16.7. The predicted octanol–water partition coefficient (Wildman–Crippen LogP) is 15.8. The van der Waals surface area contributed by atoms with Gasteiger partial charge in [-0.15, -0.1) is 0 Å². The van der Waals surface area contributed by atoms with Gasteiger partial charge in [0, 0.05) is 80.7 Å². The smallest absolute Gasteiger partial charge is 0.506 e. The molecule has 0 aromatic heterocycles. The van der Waals surface area contributed by atoms with Crippen molar-refractivity contribution in [1.29, 1.82) is 0 Å². The quantitative estimate of drug-likeness (QED) is 0.0661. The number of amides is 2. The van der Waals surface area contributed by atoms with Crippen molar-refractivity contribution in [3.63, 3.8) is 0 Å².